The van der Waals surface area contributed by atoms with Crippen molar-refractivity contribution in [1.82, 2.24) is 31.5 Å². The van der Waals surface area contributed by atoms with Crippen LogP contribution in [0.1, 0.15) is 78.1 Å². The van der Waals surface area contributed by atoms with Crippen molar-refractivity contribution in [1.29, 1.82) is 0 Å². The van der Waals surface area contributed by atoms with Crippen molar-refractivity contribution in [2.75, 3.05) is 26.2 Å². The monoisotopic (exact) mass is 639 g/mol. The number of carboxylic acid groups (broad SMARTS) is 2. The molecule has 2 fully saturated rings. The van der Waals surface area contributed by atoms with E-state index < -0.39 is 78.2 Å². The Hall–Kier alpha value is -3.79. The molecule has 9 N–H and O–H groups in total. The maximum absolute atomic E-state index is 13.7. The number of likely N-dealkylation sites (tertiary alicyclic amines) is 1. The number of hydrogen-bond donors (Lipinski definition) is 8. The van der Waals surface area contributed by atoms with Gasteiger partial charge in [0, 0.05) is 13.0 Å². The lowest BCUT2D eigenvalue weighted by atomic mass is 10.0. The predicted molar refractivity (Wildman–Crippen MR) is 161 cm³/mol. The Morgan fingerprint density at radius 1 is 0.844 bits per heavy atom. The third-order valence-electron chi connectivity index (χ3n) is 7.81. The molecule has 0 aromatic heterocycles. The van der Waals surface area contributed by atoms with Crippen molar-refractivity contribution >= 4 is 41.5 Å². The van der Waals surface area contributed by atoms with Gasteiger partial charge in [-0.3, -0.25) is 33.6 Å². The number of nitrogens with zero attached hydrogens (tertiary/aromatic N) is 1. The lowest BCUT2D eigenvalue weighted by Gasteiger charge is -2.30. The quantitative estimate of drug-likeness (QED) is 0.0749. The molecule has 5 amide bonds. The fourth-order valence-electron chi connectivity index (χ4n) is 5.50. The van der Waals surface area contributed by atoms with Crippen LogP contribution in [0.2, 0.25) is 0 Å². The number of carboxylic acids is 2. The van der Waals surface area contributed by atoms with Crippen LogP contribution in [0.5, 0.6) is 0 Å². The van der Waals surface area contributed by atoms with Crippen molar-refractivity contribution in [2.45, 2.75) is 108 Å². The van der Waals surface area contributed by atoms with Crippen molar-refractivity contribution in [2.24, 2.45) is 11.7 Å². The molecule has 0 spiro atoms. The van der Waals surface area contributed by atoms with Gasteiger partial charge in [0.1, 0.15) is 30.7 Å². The van der Waals surface area contributed by atoms with Crippen LogP contribution in [0.4, 0.5) is 0 Å². The highest BCUT2D eigenvalue weighted by molar-refractivity contribution is 5.96. The Morgan fingerprint density at radius 2 is 1.53 bits per heavy atom. The second-order valence-corrected chi connectivity index (χ2v) is 12.0. The summed E-state index contributed by atoms with van der Waals surface area (Å²) in [5.41, 5.74) is 5.64. The number of unbranched alkanes of at least 4 members (excludes halogenated alkanes) is 1. The second-order valence-electron chi connectivity index (χ2n) is 12.0. The molecule has 16 nitrogen and oxygen atoms in total. The van der Waals surface area contributed by atoms with Gasteiger partial charge in [0.25, 0.3) is 0 Å². The number of aliphatic carboxylic acids is 2. The summed E-state index contributed by atoms with van der Waals surface area (Å²) in [6.07, 6.45) is 3.14. The molecule has 0 bridgehead atoms. The van der Waals surface area contributed by atoms with Gasteiger partial charge in [-0.05, 0) is 76.8 Å². The van der Waals surface area contributed by atoms with Crippen LogP contribution >= 0.6 is 0 Å². The van der Waals surface area contributed by atoms with Gasteiger partial charge in [-0.15, -0.1) is 0 Å². The third kappa shape index (κ3) is 12.6. The highest BCUT2D eigenvalue weighted by Gasteiger charge is 2.38. The minimum atomic E-state index is -1.22. The molecule has 2 aliphatic heterocycles. The summed E-state index contributed by atoms with van der Waals surface area (Å²) in [7, 11) is 0. The highest BCUT2D eigenvalue weighted by atomic mass is 16.4. The summed E-state index contributed by atoms with van der Waals surface area (Å²) in [5.74, 6) is -5.32. The van der Waals surface area contributed by atoms with Gasteiger partial charge in [-0.25, -0.2) is 0 Å². The molecule has 16 heteroatoms. The second kappa shape index (κ2) is 18.9. The number of rotatable bonds is 19. The highest BCUT2D eigenvalue weighted by Crippen LogP contribution is 2.20. The smallest absolute Gasteiger partial charge is 0.322 e. The number of hydrogen-bond acceptors (Lipinski definition) is 9. The van der Waals surface area contributed by atoms with Crippen molar-refractivity contribution in [3.63, 3.8) is 0 Å². The predicted octanol–water partition coefficient (Wildman–Crippen LogP) is -1.58. The van der Waals surface area contributed by atoms with Crippen LogP contribution in [0, 0.1) is 5.92 Å². The number of carbonyl (C=O) groups excluding carboxylic acids is 5. The summed E-state index contributed by atoms with van der Waals surface area (Å²) in [5, 5.41) is 31.5. The molecule has 0 aromatic carbocycles. The molecule has 0 aromatic rings. The molecule has 0 aliphatic carbocycles. The van der Waals surface area contributed by atoms with Crippen LogP contribution in [0.15, 0.2) is 0 Å². The van der Waals surface area contributed by atoms with E-state index in [2.05, 4.69) is 26.6 Å². The molecule has 2 rings (SSSR count). The average molecular weight is 640 g/mol. The molecule has 2 saturated heterocycles. The van der Waals surface area contributed by atoms with Crippen molar-refractivity contribution in [3.05, 3.63) is 0 Å². The Morgan fingerprint density at radius 3 is 2.13 bits per heavy atom. The molecule has 2 aliphatic rings. The first-order valence-corrected chi connectivity index (χ1v) is 15.7. The largest absolute Gasteiger partial charge is 0.481 e. The molecule has 5 atom stereocenters. The average Bonchev–Trinajstić information content (AvgIpc) is 3.69. The number of carbonyl (C=O) groups is 7. The lowest BCUT2D eigenvalue weighted by molar-refractivity contribution is -0.143. The Balaban J connectivity index is 2.21. The normalized spacial score (nSPS) is 19.8. The first kappa shape index (κ1) is 37.4. The van der Waals surface area contributed by atoms with Crippen molar-refractivity contribution < 1.29 is 43.8 Å². The topological polar surface area (TPSA) is 249 Å². The van der Waals surface area contributed by atoms with Crippen LogP contribution in [0.3, 0.4) is 0 Å². The van der Waals surface area contributed by atoms with E-state index in [0.29, 0.717) is 45.2 Å². The van der Waals surface area contributed by atoms with Crippen molar-refractivity contribution in [3.8, 4) is 0 Å². The molecular formula is C29H49N7O9. The lowest BCUT2D eigenvalue weighted by Crippen LogP contribution is -2.59. The Bertz CT molecular complexity index is 1060. The maximum Gasteiger partial charge on any atom is 0.322 e. The van der Waals surface area contributed by atoms with Crippen LogP contribution in [0.25, 0.3) is 0 Å². The van der Waals surface area contributed by atoms with Crippen LogP contribution in [-0.2, 0) is 33.6 Å². The fraction of sp³-hybridized carbons (Fsp3) is 0.759. The zero-order valence-corrected chi connectivity index (χ0v) is 26.1. The molecule has 5 unspecified atom stereocenters. The number of nitrogens with two attached hydrogens (primary N) is 1. The van der Waals surface area contributed by atoms with Gasteiger partial charge in [-0.2, -0.15) is 0 Å². The van der Waals surface area contributed by atoms with Crippen LogP contribution < -0.4 is 32.3 Å². The maximum atomic E-state index is 13.7. The first-order valence-electron chi connectivity index (χ1n) is 15.7. The van der Waals surface area contributed by atoms with Gasteiger partial charge in [0.05, 0.1) is 6.04 Å². The Labute approximate surface area is 263 Å². The molecule has 45 heavy (non-hydrogen) atoms. The van der Waals surface area contributed by atoms with Gasteiger partial charge in [0.15, 0.2) is 0 Å². The summed E-state index contributed by atoms with van der Waals surface area (Å²) < 4.78 is 0. The number of amides is 5. The SMILES string of the molecule is CC(C)CC(NC(=O)C(CCC(=O)O)NC(=O)C1CCCN1)C(=O)NC(CCCCN)C(=O)N1CCCC1C(=O)NCC(=O)O. The standard InChI is InChI=1S/C29H49N7O9/c1-17(2)15-21(35-26(42)19(10-11-23(37)38)33-25(41)18-8-5-13-31-18)27(43)34-20(7-3-4-12-30)29(45)36-14-6-9-22(36)28(44)32-16-24(39)40/h17-22,31H,3-16,30H2,1-2H3,(H,32,44)(H,33,41)(H,34,43)(H,35,42)(H,37,38)(H,39,40). The summed E-state index contributed by atoms with van der Waals surface area (Å²) in [6.45, 7) is 4.37. The zero-order valence-electron chi connectivity index (χ0n) is 26.1. The Kier molecular flexibility index (Phi) is 15.7. The van der Waals surface area contributed by atoms with Gasteiger partial charge >= 0.3 is 11.9 Å². The summed E-state index contributed by atoms with van der Waals surface area (Å²) in [6, 6.07) is -4.73. The van der Waals surface area contributed by atoms with E-state index in [-0.39, 0.29) is 38.1 Å². The van der Waals surface area contributed by atoms with E-state index in [9.17, 15) is 38.7 Å². The molecule has 0 saturated carbocycles. The van der Waals surface area contributed by atoms with Gasteiger partial charge < -0.3 is 47.4 Å². The molecular weight excluding hydrogens is 590 g/mol. The molecule has 2 heterocycles. The number of nitrogens with one attached hydrogen (secondary N) is 5. The van der Waals surface area contributed by atoms with E-state index in [1.54, 1.807) is 0 Å². The van der Waals surface area contributed by atoms with E-state index in [4.69, 9.17) is 10.8 Å². The third-order valence-corrected chi connectivity index (χ3v) is 7.81. The van der Waals surface area contributed by atoms with E-state index in [1.165, 1.54) is 4.90 Å². The zero-order chi connectivity index (χ0) is 33.5. The van der Waals surface area contributed by atoms with Gasteiger partial charge in [-0.1, -0.05) is 13.8 Å². The summed E-state index contributed by atoms with van der Waals surface area (Å²) >= 11 is 0. The summed E-state index contributed by atoms with van der Waals surface area (Å²) in [4.78, 5) is 89.6. The minimum absolute atomic E-state index is 0.0666. The minimum Gasteiger partial charge on any atom is -0.481 e. The molecule has 0 radical (unpaired) electrons. The van der Waals surface area contributed by atoms with E-state index in [0.717, 1.165) is 6.42 Å². The fourth-order valence-corrected chi connectivity index (χ4v) is 5.50. The molecule has 254 valence electrons. The van der Waals surface area contributed by atoms with E-state index in [1.807, 2.05) is 13.8 Å². The van der Waals surface area contributed by atoms with Crippen LogP contribution in [-0.4, -0.2) is 113 Å². The first-order chi connectivity index (χ1) is 21.3. The van der Waals surface area contributed by atoms with E-state index >= 15 is 0 Å². The van der Waals surface area contributed by atoms with Gasteiger partial charge in [0.2, 0.25) is 29.5 Å².